The monoisotopic (exact) mass is 302 g/mol. The third-order valence-electron chi connectivity index (χ3n) is 5.68. The van der Waals surface area contributed by atoms with Crippen molar-refractivity contribution in [2.24, 2.45) is 0 Å². The Kier molecular flexibility index (Phi) is 5.33. The van der Waals surface area contributed by atoms with E-state index in [9.17, 15) is 0 Å². The van der Waals surface area contributed by atoms with Crippen LogP contribution in [0.1, 0.15) is 32.1 Å². The van der Waals surface area contributed by atoms with Gasteiger partial charge in [-0.15, -0.1) is 0 Å². The van der Waals surface area contributed by atoms with Crippen LogP contribution in [-0.2, 0) is 9.47 Å². The summed E-state index contributed by atoms with van der Waals surface area (Å²) in [6, 6.07) is 0. The van der Waals surface area contributed by atoms with Crippen LogP contribution in [0.4, 0.5) is 0 Å². The van der Waals surface area contributed by atoms with Gasteiger partial charge in [0.15, 0.2) is 0 Å². The number of ether oxygens (including phenoxy) is 2. The molecule has 0 aromatic carbocycles. The molecule has 0 radical (unpaired) electrons. The first-order valence-corrected chi connectivity index (χ1v) is 10.9. The molecule has 118 valence electrons. The summed E-state index contributed by atoms with van der Waals surface area (Å²) < 4.78 is 16.9. The van der Waals surface area contributed by atoms with E-state index in [1.165, 1.54) is 32.1 Å². The molecular formula is C15H31N2O2P. The molecule has 2 heterocycles. The molecule has 3 aliphatic rings. The van der Waals surface area contributed by atoms with Gasteiger partial charge in [-0.05, 0) is 0 Å². The predicted octanol–water partition coefficient (Wildman–Crippen LogP) is 2.19. The molecule has 0 unspecified atom stereocenters. The van der Waals surface area contributed by atoms with Crippen LogP contribution in [0.3, 0.4) is 0 Å². The Morgan fingerprint density at radius 2 is 1.20 bits per heavy atom. The van der Waals surface area contributed by atoms with Crippen molar-refractivity contribution in [3.05, 3.63) is 0 Å². The van der Waals surface area contributed by atoms with Crippen molar-refractivity contribution < 1.29 is 9.47 Å². The van der Waals surface area contributed by atoms with Gasteiger partial charge in [-0.3, -0.25) is 0 Å². The van der Waals surface area contributed by atoms with Gasteiger partial charge in [-0.1, -0.05) is 0 Å². The molecule has 5 heteroatoms. The van der Waals surface area contributed by atoms with Gasteiger partial charge < -0.3 is 0 Å². The Hall–Kier alpha value is 0.270. The Balaban J connectivity index is 1.79. The number of morpholine rings is 2. The molecular weight excluding hydrogens is 271 g/mol. The second-order valence-corrected chi connectivity index (χ2v) is 10.9. The van der Waals surface area contributed by atoms with Gasteiger partial charge in [-0.2, -0.15) is 0 Å². The van der Waals surface area contributed by atoms with E-state index in [-0.39, 0.29) is 0 Å². The van der Waals surface area contributed by atoms with Crippen molar-refractivity contribution in [2.75, 3.05) is 59.3 Å². The van der Waals surface area contributed by atoms with E-state index in [1.54, 1.807) is 0 Å². The SMILES string of the molecule is C[PH](C1CCCCC1)(N1CCOCC1)N1CCOCC1. The van der Waals surface area contributed by atoms with Crippen LogP contribution in [-0.4, -0.2) is 74.3 Å². The van der Waals surface area contributed by atoms with Crippen LogP contribution in [0.2, 0.25) is 0 Å². The molecule has 3 rings (SSSR count). The molecule has 2 saturated heterocycles. The normalized spacial score (nSPS) is 29.4. The van der Waals surface area contributed by atoms with Crippen LogP contribution >= 0.6 is 7.56 Å². The van der Waals surface area contributed by atoms with Crippen molar-refractivity contribution in [2.45, 2.75) is 37.8 Å². The first-order chi connectivity index (χ1) is 9.82. The van der Waals surface area contributed by atoms with E-state index in [1.807, 2.05) is 0 Å². The molecule has 0 aromatic rings. The van der Waals surface area contributed by atoms with Crippen molar-refractivity contribution >= 4 is 7.56 Å². The van der Waals surface area contributed by atoms with Gasteiger partial charge in [0.2, 0.25) is 0 Å². The number of hydrogen-bond acceptors (Lipinski definition) is 4. The Labute approximate surface area is 124 Å². The van der Waals surface area contributed by atoms with E-state index in [0.29, 0.717) is 0 Å². The average Bonchev–Trinajstić information content (AvgIpc) is 2.56. The molecule has 2 aliphatic heterocycles. The molecule has 3 fully saturated rings. The van der Waals surface area contributed by atoms with Crippen molar-refractivity contribution in [1.82, 2.24) is 9.34 Å². The van der Waals surface area contributed by atoms with Crippen LogP contribution in [0.15, 0.2) is 0 Å². The molecule has 0 aromatic heterocycles. The summed E-state index contributed by atoms with van der Waals surface area (Å²) in [5.41, 5.74) is 0.951. The van der Waals surface area contributed by atoms with Crippen molar-refractivity contribution in [3.63, 3.8) is 0 Å². The topological polar surface area (TPSA) is 24.9 Å². The fourth-order valence-corrected chi connectivity index (χ4v) is 9.51. The summed E-state index contributed by atoms with van der Waals surface area (Å²) in [6.07, 6.45) is 7.26. The minimum atomic E-state index is -1.54. The maximum atomic E-state index is 5.61. The molecule has 4 nitrogen and oxygen atoms in total. The first-order valence-electron chi connectivity index (χ1n) is 8.47. The number of nitrogens with zero attached hydrogens (tertiary/aromatic N) is 2. The summed E-state index contributed by atoms with van der Waals surface area (Å²) in [5.74, 6) is 0. The van der Waals surface area contributed by atoms with Gasteiger partial charge in [0.05, 0.1) is 0 Å². The Morgan fingerprint density at radius 3 is 1.65 bits per heavy atom. The van der Waals surface area contributed by atoms with Crippen LogP contribution in [0, 0.1) is 0 Å². The van der Waals surface area contributed by atoms with Crippen LogP contribution < -0.4 is 0 Å². The van der Waals surface area contributed by atoms with E-state index in [2.05, 4.69) is 16.0 Å². The van der Waals surface area contributed by atoms with Gasteiger partial charge in [0.25, 0.3) is 0 Å². The molecule has 0 N–H and O–H groups in total. The summed E-state index contributed by atoms with van der Waals surface area (Å²) in [7, 11) is -1.54. The van der Waals surface area contributed by atoms with E-state index >= 15 is 0 Å². The van der Waals surface area contributed by atoms with Crippen molar-refractivity contribution in [3.8, 4) is 0 Å². The molecule has 20 heavy (non-hydrogen) atoms. The second kappa shape index (κ2) is 7.02. The zero-order valence-corrected chi connectivity index (χ0v) is 14.0. The molecule has 0 amide bonds. The van der Waals surface area contributed by atoms with Crippen molar-refractivity contribution in [1.29, 1.82) is 0 Å². The zero-order chi connectivity index (χ0) is 13.8. The fraction of sp³-hybridized carbons (Fsp3) is 1.00. The summed E-state index contributed by atoms with van der Waals surface area (Å²) in [4.78, 5) is 0. The average molecular weight is 302 g/mol. The zero-order valence-electron chi connectivity index (χ0n) is 13.0. The first kappa shape index (κ1) is 15.2. The van der Waals surface area contributed by atoms with E-state index < -0.39 is 7.56 Å². The predicted molar refractivity (Wildman–Crippen MR) is 85.9 cm³/mol. The molecule has 0 atom stereocenters. The van der Waals surface area contributed by atoms with E-state index in [0.717, 1.165) is 58.3 Å². The number of hydrogen-bond donors (Lipinski definition) is 0. The number of rotatable bonds is 3. The van der Waals surface area contributed by atoms with Gasteiger partial charge in [0.1, 0.15) is 0 Å². The third kappa shape index (κ3) is 3.05. The summed E-state index contributed by atoms with van der Waals surface area (Å²) in [5, 5.41) is 0. The van der Waals surface area contributed by atoms with Crippen LogP contribution in [0.25, 0.3) is 0 Å². The molecule has 1 saturated carbocycles. The standard InChI is InChI=1S/C15H31N2O2P/c1-20(15-5-3-2-4-6-15,16-7-11-18-12-8-16)17-9-13-19-14-10-17/h15,20H,2-14H2,1H3. The van der Waals surface area contributed by atoms with Gasteiger partial charge >= 0.3 is 123 Å². The molecule has 0 spiro atoms. The maximum absolute atomic E-state index is 5.61. The molecule has 1 aliphatic carbocycles. The van der Waals surface area contributed by atoms with E-state index in [4.69, 9.17) is 9.47 Å². The van der Waals surface area contributed by atoms with Gasteiger partial charge in [0, 0.05) is 0 Å². The van der Waals surface area contributed by atoms with Gasteiger partial charge in [-0.25, -0.2) is 0 Å². The second-order valence-electron chi connectivity index (χ2n) is 6.63. The molecule has 0 bridgehead atoms. The Bertz CT molecular complexity index is 253. The van der Waals surface area contributed by atoms with Crippen LogP contribution in [0.5, 0.6) is 0 Å². The summed E-state index contributed by atoms with van der Waals surface area (Å²) >= 11 is 0. The minimum absolute atomic E-state index is 0.930. The fourth-order valence-electron chi connectivity index (χ4n) is 4.40. The quantitative estimate of drug-likeness (QED) is 0.746. The third-order valence-corrected chi connectivity index (χ3v) is 11.3. The summed E-state index contributed by atoms with van der Waals surface area (Å²) in [6.45, 7) is 11.0. The Morgan fingerprint density at radius 1 is 0.750 bits per heavy atom.